The second kappa shape index (κ2) is 5.72. The van der Waals surface area contributed by atoms with Gasteiger partial charge < -0.3 is 5.73 Å². The first-order valence-corrected chi connectivity index (χ1v) is 5.79. The molecule has 0 bridgehead atoms. The summed E-state index contributed by atoms with van der Waals surface area (Å²) < 4.78 is 0. The van der Waals surface area contributed by atoms with Crippen LogP contribution >= 0.6 is 0 Å². The lowest BCUT2D eigenvalue weighted by Gasteiger charge is -2.02. The zero-order valence-corrected chi connectivity index (χ0v) is 10.0. The van der Waals surface area contributed by atoms with Gasteiger partial charge in [0, 0.05) is 0 Å². The number of aryl methyl sites for hydroxylation is 1. The maximum Gasteiger partial charge on any atom is -0.00397 e. The minimum atomic E-state index is 0.763. The summed E-state index contributed by atoms with van der Waals surface area (Å²) in [5.41, 5.74) is 11.3. The lowest BCUT2D eigenvalue weighted by molar-refractivity contribution is 0.924. The smallest absolute Gasteiger partial charge is 0.00397 e. The molecule has 0 fully saturated rings. The normalized spacial score (nSPS) is 12.7. The molecule has 0 saturated carbocycles. The van der Waals surface area contributed by atoms with Crippen LogP contribution in [0.25, 0.3) is 6.08 Å². The van der Waals surface area contributed by atoms with Crippen molar-refractivity contribution in [2.45, 2.75) is 33.6 Å². The molecule has 15 heavy (non-hydrogen) atoms. The van der Waals surface area contributed by atoms with Crippen LogP contribution in [-0.4, -0.2) is 6.54 Å². The highest BCUT2D eigenvalue weighted by Crippen LogP contribution is 2.28. The van der Waals surface area contributed by atoms with Crippen LogP contribution < -0.4 is 5.73 Å². The average molecular weight is 203 g/mol. The van der Waals surface area contributed by atoms with Gasteiger partial charge in [-0.2, -0.15) is 0 Å². The fourth-order valence-electron chi connectivity index (χ4n) is 1.95. The Bertz CT molecular complexity index is 350. The number of nitrogens with two attached hydrogens (primary N) is 1. The van der Waals surface area contributed by atoms with E-state index in [1.807, 2.05) is 13.8 Å². The van der Waals surface area contributed by atoms with Gasteiger partial charge >= 0.3 is 0 Å². The first kappa shape index (κ1) is 12.0. The zero-order chi connectivity index (χ0) is 11.3. The van der Waals surface area contributed by atoms with Gasteiger partial charge in [-0.05, 0) is 43.0 Å². The van der Waals surface area contributed by atoms with Crippen LogP contribution in [0.5, 0.6) is 0 Å². The van der Waals surface area contributed by atoms with Gasteiger partial charge in [-0.3, -0.25) is 0 Å². The topological polar surface area (TPSA) is 26.0 Å². The molecule has 1 aromatic carbocycles. The van der Waals surface area contributed by atoms with Crippen LogP contribution in [0.1, 0.15) is 37.0 Å². The Morgan fingerprint density at radius 2 is 2.00 bits per heavy atom. The van der Waals surface area contributed by atoms with Gasteiger partial charge in [0.2, 0.25) is 0 Å². The first-order chi connectivity index (χ1) is 7.31. The summed E-state index contributed by atoms with van der Waals surface area (Å²) >= 11 is 0. The third-order valence-corrected chi connectivity index (χ3v) is 2.68. The second-order valence-corrected chi connectivity index (χ2v) is 3.66. The van der Waals surface area contributed by atoms with E-state index in [-0.39, 0.29) is 0 Å². The van der Waals surface area contributed by atoms with E-state index in [2.05, 4.69) is 31.2 Å². The van der Waals surface area contributed by atoms with E-state index in [1.54, 1.807) is 0 Å². The highest BCUT2D eigenvalue weighted by molar-refractivity contribution is 5.65. The van der Waals surface area contributed by atoms with E-state index in [9.17, 15) is 0 Å². The summed E-state index contributed by atoms with van der Waals surface area (Å²) in [6.07, 6.45) is 4.43. The molecule has 2 rings (SSSR count). The van der Waals surface area contributed by atoms with Crippen molar-refractivity contribution in [1.29, 1.82) is 0 Å². The highest BCUT2D eigenvalue weighted by atomic mass is 14.5. The molecule has 0 saturated heterocycles. The molecule has 1 aliphatic carbocycles. The molecule has 1 aromatic rings. The lowest BCUT2D eigenvalue weighted by atomic mass is 10.0. The first-order valence-electron chi connectivity index (χ1n) is 5.79. The molecular formula is C14H21N. The molecule has 1 nitrogen and oxygen atoms in total. The Hall–Kier alpha value is -1.08. The number of hydrogen-bond donors (Lipinski definition) is 1. The van der Waals surface area contributed by atoms with E-state index in [4.69, 9.17) is 5.73 Å². The molecule has 0 spiro atoms. The summed E-state index contributed by atoms with van der Waals surface area (Å²) in [6.45, 7) is 6.94. The molecule has 2 N–H and O–H groups in total. The molecule has 0 heterocycles. The summed E-state index contributed by atoms with van der Waals surface area (Å²) in [5.74, 6) is 0. The Morgan fingerprint density at radius 3 is 2.60 bits per heavy atom. The summed E-state index contributed by atoms with van der Waals surface area (Å²) in [5, 5.41) is 0. The number of rotatable bonds is 2. The monoisotopic (exact) mass is 203 g/mol. The predicted octanol–water partition coefficient (Wildman–Crippen LogP) is 3.31. The van der Waals surface area contributed by atoms with E-state index in [0.29, 0.717) is 0 Å². The number of fused-ring (bicyclic) bond motifs is 1. The number of hydrogen-bond acceptors (Lipinski definition) is 1. The average Bonchev–Trinajstić information content (AvgIpc) is 2.66. The van der Waals surface area contributed by atoms with E-state index in [1.165, 1.54) is 22.3 Å². The molecule has 82 valence electrons. The Labute approximate surface area is 93.0 Å². The SMILES string of the molecule is CC.Cc1cccc2c1CC(CCN)=C2. The molecule has 1 aliphatic rings. The molecule has 0 atom stereocenters. The van der Waals surface area contributed by atoms with Gasteiger partial charge in [-0.1, -0.05) is 43.7 Å². The van der Waals surface area contributed by atoms with E-state index >= 15 is 0 Å². The van der Waals surface area contributed by atoms with Crippen LogP contribution in [0.15, 0.2) is 23.8 Å². The van der Waals surface area contributed by atoms with Gasteiger partial charge in [0.25, 0.3) is 0 Å². The van der Waals surface area contributed by atoms with Crippen molar-refractivity contribution in [3.05, 3.63) is 40.5 Å². The summed E-state index contributed by atoms with van der Waals surface area (Å²) in [7, 11) is 0. The number of benzene rings is 1. The highest BCUT2D eigenvalue weighted by Gasteiger charge is 2.12. The molecule has 0 radical (unpaired) electrons. The standard InChI is InChI=1S/C12H15N.C2H6/c1-9-3-2-4-11-7-10(5-6-13)8-12(9)11;1-2/h2-4,7H,5-6,8,13H2,1H3;1-2H3. The molecule has 0 unspecified atom stereocenters. The van der Waals surface area contributed by atoms with Crippen molar-refractivity contribution in [1.82, 2.24) is 0 Å². The van der Waals surface area contributed by atoms with Crippen LogP contribution in [0.3, 0.4) is 0 Å². The fourth-order valence-corrected chi connectivity index (χ4v) is 1.95. The summed E-state index contributed by atoms with van der Waals surface area (Å²) in [6, 6.07) is 6.49. The Morgan fingerprint density at radius 1 is 1.27 bits per heavy atom. The van der Waals surface area contributed by atoms with Crippen LogP contribution in [0.2, 0.25) is 0 Å². The van der Waals surface area contributed by atoms with Crippen molar-refractivity contribution in [2.24, 2.45) is 5.73 Å². The quantitative estimate of drug-likeness (QED) is 0.784. The molecule has 1 heteroatoms. The maximum atomic E-state index is 5.54. The van der Waals surface area contributed by atoms with Gasteiger partial charge in [0.05, 0.1) is 0 Å². The Balaban J connectivity index is 0.000000531. The fraction of sp³-hybridized carbons (Fsp3) is 0.429. The zero-order valence-electron chi connectivity index (χ0n) is 10.0. The molecule has 0 amide bonds. The Kier molecular flexibility index (Phi) is 4.57. The molecular weight excluding hydrogens is 182 g/mol. The third-order valence-electron chi connectivity index (χ3n) is 2.68. The second-order valence-electron chi connectivity index (χ2n) is 3.66. The minimum Gasteiger partial charge on any atom is -0.330 e. The van der Waals surface area contributed by atoms with E-state index < -0.39 is 0 Å². The predicted molar refractivity (Wildman–Crippen MR) is 67.9 cm³/mol. The molecule has 0 aliphatic heterocycles. The largest absolute Gasteiger partial charge is 0.330 e. The van der Waals surface area contributed by atoms with Gasteiger partial charge in [0.15, 0.2) is 0 Å². The van der Waals surface area contributed by atoms with Crippen molar-refractivity contribution in [3.63, 3.8) is 0 Å². The van der Waals surface area contributed by atoms with Crippen molar-refractivity contribution >= 4 is 6.08 Å². The third kappa shape index (κ3) is 2.69. The van der Waals surface area contributed by atoms with E-state index in [0.717, 1.165) is 19.4 Å². The van der Waals surface area contributed by atoms with Crippen LogP contribution in [0.4, 0.5) is 0 Å². The minimum absolute atomic E-state index is 0.763. The van der Waals surface area contributed by atoms with Gasteiger partial charge in [0.1, 0.15) is 0 Å². The van der Waals surface area contributed by atoms with Crippen LogP contribution in [-0.2, 0) is 6.42 Å². The lowest BCUT2D eigenvalue weighted by Crippen LogP contribution is -2.00. The van der Waals surface area contributed by atoms with Crippen molar-refractivity contribution in [3.8, 4) is 0 Å². The van der Waals surface area contributed by atoms with Crippen LogP contribution in [0, 0.1) is 6.92 Å². The van der Waals surface area contributed by atoms with Gasteiger partial charge in [-0.25, -0.2) is 0 Å². The van der Waals surface area contributed by atoms with Gasteiger partial charge in [-0.15, -0.1) is 0 Å². The van der Waals surface area contributed by atoms with Crippen molar-refractivity contribution in [2.75, 3.05) is 6.54 Å². The van der Waals surface area contributed by atoms with Crippen molar-refractivity contribution < 1.29 is 0 Å². The maximum absolute atomic E-state index is 5.54. The molecule has 0 aromatic heterocycles. The summed E-state index contributed by atoms with van der Waals surface area (Å²) in [4.78, 5) is 0.